The molecule has 0 amide bonds. The number of morpholine rings is 1. The number of fused-ring (bicyclic) bond motifs is 3. The lowest BCUT2D eigenvalue weighted by molar-refractivity contribution is -0.933. The summed E-state index contributed by atoms with van der Waals surface area (Å²) in [6, 6.07) is 0. The Balaban J connectivity index is 1.35. The predicted molar refractivity (Wildman–Crippen MR) is 99.6 cm³/mol. The SMILES string of the molecule is CC[N+]1(CCOCC2OC3OC(C)(C)OC3C3OC(C)(C)OC23)CCOCC1. The van der Waals surface area contributed by atoms with Crippen molar-refractivity contribution in [2.24, 2.45) is 0 Å². The molecular formula is C20H36NO7+. The van der Waals surface area contributed by atoms with Crippen molar-refractivity contribution >= 4 is 0 Å². The van der Waals surface area contributed by atoms with Gasteiger partial charge in [0.15, 0.2) is 17.9 Å². The highest BCUT2D eigenvalue weighted by atomic mass is 16.9. The van der Waals surface area contributed by atoms with Crippen LogP contribution in [0.15, 0.2) is 0 Å². The number of quaternary nitrogens is 1. The van der Waals surface area contributed by atoms with E-state index in [0.717, 1.165) is 43.9 Å². The first kappa shape index (κ1) is 20.9. The van der Waals surface area contributed by atoms with Gasteiger partial charge >= 0.3 is 0 Å². The first-order chi connectivity index (χ1) is 13.2. The normalized spacial score (nSPS) is 40.8. The van der Waals surface area contributed by atoms with E-state index in [4.69, 9.17) is 33.2 Å². The molecule has 0 N–H and O–H groups in total. The second-order valence-electron chi connectivity index (χ2n) is 9.22. The predicted octanol–water partition coefficient (Wildman–Crippen LogP) is 1.27. The minimum absolute atomic E-state index is 0.225. The van der Waals surface area contributed by atoms with Gasteiger partial charge in [0.05, 0.1) is 33.0 Å². The van der Waals surface area contributed by atoms with Gasteiger partial charge in [-0.05, 0) is 34.6 Å². The van der Waals surface area contributed by atoms with Crippen molar-refractivity contribution in [2.75, 3.05) is 52.6 Å². The molecular weight excluding hydrogens is 366 g/mol. The highest BCUT2D eigenvalue weighted by Gasteiger charge is 2.60. The summed E-state index contributed by atoms with van der Waals surface area (Å²) in [5.74, 6) is -1.37. The van der Waals surface area contributed by atoms with Crippen LogP contribution in [0.1, 0.15) is 34.6 Å². The van der Waals surface area contributed by atoms with Crippen LogP contribution in [0.25, 0.3) is 0 Å². The summed E-state index contributed by atoms with van der Waals surface area (Å²) in [5, 5.41) is 0. The first-order valence-electron chi connectivity index (χ1n) is 10.6. The summed E-state index contributed by atoms with van der Waals surface area (Å²) in [6.45, 7) is 16.9. The van der Waals surface area contributed by atoms with Crippen molar-refractivity contribution in [1.82, 2.24) is 0 Å². The Kier molecular flexibility index (Phi) is 5.79. The Labute approximate surface area is 167 Å². The van der Waals surface area contributed by atoms with Crippen LogP contribution in [-0.4, -0.2) is 99.4 Å². The van der Waals surface area contributed by atoms with Crippen molar-refractivity contribution in [2.45, 2.75) is 76.9 Å². The van der Waals surface area contributed by atoms with Gasteiger partial charge in [-0.25, -0.2) is 0 Å². The Hall–Kier alpha value is -0.320. The minimum Gasteiger partial charge on any atom is -0.373 e. The molecule has 0 radical (unpaired) electrons. The average Bonchev–Trinajstić information content (AvgIpc) is 3.13. The van der Waals surface area contributed by atoms with E-state index in [-0.39, 0.29) is 24.4 Å². The summed E-state index contributed by atoms with van der Waals surface area (Å²) in [5.41, 5.74) is 0. The molecule has 4 aliphatic rings. The monoisotopic (exact) mass is 402 g/mol. The van der Waals surface area contributed by atoms with Crippen molar-refractivity contribution in [3.05, 3.63) is 0 Å². The van der Waals surface area contributed by atoms with Crippen LogP contribution in [0.2, 0.25) is 0 Å². The zero-order valence-corrected chi connectivity index (χ0v) is 17.8. The zero-order chi connectivity index (χ0) is 20.0. The second kappa shape index (κ2) is 7.74. The lowest BCUT2D eigenvalue weighted by atomic mass is 9.99. The molecule has 0 aliphatic carbocycles. The summed E-state index contributed by atoms with van der Waals surface area (Å²) in [7, 11) is 0. The summed E-state index contributed by atoms with van der Waals surface area (Å²) >= 11 is 0. The van der Waals surface area contributed by atoms with E-state index < -0.39 is 17.9 Å². The number of likely N-dealkylation sites (N-methyl/N-ethyl adjacent to an activating group) is 1. The third kappa shape index (κ3) is 4.25. The standard InChI is InChI=1S/C20H36NO7/c1-6-21(7-10-22-11-8-21)9-12-23-13-14-15-16(26-19(2,3)25-15)17-18(24-14)28-20(4,5)27-17/h14-18H,6-13H2,1-5H3/q+1. The van der Waals surface area contributed by atoms with Crippen LogP contribution >= 0.6 is 0 Å². The molecule has 0 aromatic heterocycles. The fraction of sp³-hybridized carbons (Fsp3) is 1.00. The molecule has 0 spiro atoms. The molecule has 0 bridgehead atoms. The maximum Gasteiger partial charge on any atom is 0.190 e. The van der Waals surface area contributed by atoms with Crippen molar-refractivity contribution in [3.63, 3.8) is 0 Å². The van der Waals surface area contributed by atoms with E-state index in [1.165, 1.54) is 0 Å². The molecule has 8 heteroatoms. The van der Waals surface area contributed by atoms with Crippen molar-refractivity contribution in [1.29, 1.82) is 0 Å². The molecule has 4 fully saturated rings. The molecule has 4 rings (SSSR count). The van der Waals surface area contributed by atoms with Gasteiger partial charge in [0.25, 0.3) is 0 Å². The minimum atomic E-state index is -0.695. The quantitative estimate of drug-likeness (QED) is 0.490. The van der Waals surface area contributed by atoms with Gasteiger partial charge in [-0.1, -0.05) is 0 Å². The largest absolute Gasteiger partial charge is 0.373 e. The maximum atomic E-state index is 6.19. The third-order valence-corrected chi connectivity index (χ3v) is 6.33. The van der Waals surface area contributed by atoms with Gasteiger partial charge in [0.1, 0.15) is 44.1 Å². The van der Waals surface area contributed by atoms with E-state index in [1.807, 2.05) is 27.7 Å². The van der Waals surface area contributed by atoms with Crippen LogP contribution in [-0.2, 0) is 33.2 Å². The molecule has 4 heterocycles. The van der Waals surface area contributed by atoms with Crippen molar-refractivity contribution < 1.29 is 37.6 Å². The van der Waals surface area contributed by atoms with E-state index in [0.29, 0.717) is 13.2 Å². The molecule has 5 unspecified atom stereocenters. The van der Waals surface area contributed by atoms with E-state index in [1.54, 1.807) is 0 Å². The number of ether oxygens (including phenoxy) is 7. The van der Waals surface area contributed by atoms with Crippen molar-refractivity contribution in [3.8, 4) is 0 Å². The number of rotatable bonds is 6. The van der Waals surface area contributed by atoms with Crippen LogP contribution in [0.4, 0.5) is 0 Å². The van der Waals surface area contributed by atoms with Gasteiger partial charge in [-0.3, -0.25) is 0 Å². The Morgan fingerprint density at radius 3 is 2.25 bits per heavy atom. The highest BCUT2D eigenvalue weighted by Crippen LogP contribution is 2.44. The number of nitrogens with zero attached hydrogens (tertiary/aromatic N) is 1. The highest BCUT2D eigenvalue weighted by molar-refractivity contribution is 5.00. The summed E-state index contributed by atoms with van der Waals surface area (Å²) in [4.78, 5) is 0. The fourth-order valence-electron chi connectivity index (χ4n) is 4.71. The molecule has 0 aromatic rings. The average molecular weight is 403 g/mol. The molecule has 4 aliphatic heterocycles. The van der Waals surface area contributed by atoms with Gasteiger partial charge in [0.2, 0.25) is 0 Å². The number of hydrogen-bond donors (Lipinski definition) is 0. The van der Waals surface area contributed by atoms with Gasteiger partial charge in [-0.2, -0.15) is 0 Å². The molecule has 162 valence electrons. The maximum absolute atomic E-state index is 6.19. The summed E-state index contributed by atoms with van der Waals surface area (Å²) < 4.78 is 43.1. The second-order valence-corrected chi connectivity index (χ2v) is 9.22. The van der Waals surface area contributed by atoms with E-state index >= 15 is 0 Å². The van der Waals surface area contributed by atoms with E-state index in [9.17, 15) is 0 Å². The lowest BCUT2D eigenvalue weighted by Crippen LogP contribution is -2.57. The van der Waals surface area contributed by atoms with Crippen LogP contribution in [0.3, 0.4) is 0 Å². The van der Waals surface area contributed by atoms with Gasteiger partial charge < -0.3 is 37.6 Å². The molecule has 8 nitrogen and oxygen atoms in total. The first-order valence-corrected chi connectivity index (χ1v) is 10.6. The Bertz CT molecular complexity index is 549. The van der Waals surface area contributed by atoms with Crippen LogP contribution < -0.4 is 0 Å². The third-order valence-electron chi connectivity index (χ3n) is 6.33. The van der Waals surface area contributed by atoms with Gasteiger partial charge in [0, 0.05) is 0 Å². The fourth-order valence-corrected chi connectivity index (χ4v) is 4.71. The van der Waals surface area contributed by atoms with E-state index in [2.05, 4.69) is 6.92 Å². The number of hydrogen-bond acceptors (Lipinski definition) is 7. The molecule has 0 aromatic carbocycles. The smallest absolute Gasteiger partial charge is 0.190 e. The molecule has 5 atom stereocenters. The molecule has 4 saturated heterocycles. The zero-order valence-electron chi connectivity index (χ0n) is 17.8. The Morgan fingerprint density at radius 2 is 1.54 bits per heavy atom. The molecule has 0 saturated carbocycles. The van der Waals surface area contributed by atoms with Gasteiger partial charge in [-0.15, -0.1) is 0 Å². The Morgan fingerprint density at radius 1 is 0.893 bits per heavy atom. The summed E-state index contributed by atoms with van der Waals surface area (Å²) in [6.07, 6.45) is -1.45. The topological polar surface area (TPSA) is 64.6 Å². The lowest BCUT2D eigenvalue weighted by Gasteiger charge is -2.41. The van der Waals surface area contributed by atoms with Crippen LogP contribution in [0, 0.1) is 0 Å². The van der Waals surface area contributed by atoms with Crippen LogP contribution in [0.5, 0.6) is 0 Å². The molecule has 28 heavy (non-hydrogen) atoms.